The van der Waals surface area contributed by atoms with Crippen molar-refractivity contribution in [2.45, 2.75) is 20.4 Å². The molecule has 0 saturated heterocycles. The molecule has 2 rings (SSSR count). The standard InChI is InChI=1S/C12H14ClNO/c1-8(2)6-14-7-9-3-4-10(13)5-11(9)12(14)15/h3-5,8H,6-7H2,1-2H3. The SMILES string of the molecule is CC(C)CN1Cc2ccc(Cl)cc2C1=O. The molecule has 0 saturated carbocycles. The molecule has 0 aromatic heterocycles. The van der Waals surface area contributed by atoms with Gasteiger partial charge < -0.3 is 4.90 Å². The predicted molar refractivity (Wildman–Crippen MR) is 61.0 cm³/mol. The minimum atomic E-state index is 0.112. The Labute approximate surface area is 94.8 Å². The van der Waals surface area contributed by atoms with Crippen molar-refractivity contribution in [3.05, 3.63) is 34.3 Å². The molecule has 15 heavy (non-hydrogen) atoms. The fraction of sp³-hybridized carbons (Fsp3) is 0.417. The number of hydrogen-bond acceptors (Lipinski definition) is 1. The van der Waals surface area contributed by atoms with E-state index in [4.69, 9.17) is 11.6 Å². The summed E-state index contributed by atoms with van der Waals surface area (Å²) in [6.07, 6.45) is 0. The van der Waals surface area contributed by atoms with Gasteiger partial charge in [0.2, 0.25) is 0 Å². The van der Waals surface area contributed by atoms with Crippen LogP contribution in [0.4, 0.5) is 0 Å². The summed E-state index contributed by atoms with van der Waals surface area (Å²) in [5.41, 5.74) is 1.85. The van der Waals surface area contributed by atoms with Crippen molar-refractivity contribution in [2.24, 2.45) is 5.92 Å². The summed E-state index contributed by atoms with van der Waals surface area (Å²) >= 11 is 5.87. The molecule has 0 atom stereocenters. The summed E-state index contributed by atoms with van der Waals surface area (Å²) in [6.45, 7) is 5.77. The zero-order chi connectivity index (χ0) is 11.0. The summed E-state index contributed by atoms with van der Waals surface area (Å²) < 4.78 is 0. The van der Waals surface area contributed by atoms with Gasteiger partial charge in [-0.3, -0.25) is 4.79 Å². The van der Waals surface area contributed by atoms with Crippen molar-refractivity contribution in [1.29, 1.82) is 0 Å². The average molecular weight is 224 g/mol. The molecule has 3 heteroatoms. The quantitative estimate of drug-likeness (QED) is 0.755. The summed E-state index contributed by atoms with van der Waals surface area (Å²) in [7, 11) is 0. The van der Waals surface area contributed by atoms with Crippen molar-refractivity contribution in [3.63, 3.8) is 0 Å². The van der Waals surface area contributed by atoms with E-state index in [1.165, 1.54) is 0 Å². The van der Waals surface area contributed by atoms with Gasteiger partial charge >= 0.3 is 0 Å². The lowest BCUT2D eigenvalue weighted by Crippen LogP contribution is -2.27. The van der Waals surface area contributed by atoms with Crippen LogP contribution in [-0.4, -0.2) is 17.4 Å². The molecular weight excluding hydrogens is 210 g/mol. The van der Waals surface area contributed by atoms with Crippen LogP contribution in [0.3, 0.4) is 0 Å². The van der Waals surface area contributed by atoms with Gasteiger partial charge in [-0.1, -0.05) is 31.5 Å². The first-order chi connectivity index (χ1) is 7.08. The number of carbonyl (C=O) groups excluding carboxylic acids is 1. The maximum atomic E-state index is 12.0. The third-order valence-corrected chi connectivity index (χ3v) is 2.77. The Morgan fingerprint density at radius 1 is 1.47 bits per heavy atom. The third kappa shape index (κ3) is 2.00. The minimum Gasteiger partial charge on any atom is -0.334 e. The summed E-state index contributed by atoms with van der Waals surface area (Å²) in [5, 5.41) is 0.633. The lowest BCUT2D eigenvalue weighted by atomic mass is 10.1. The molecule has 1 aliphatic rings. The topological polar surface area (TPSA) is 20.3 Å². The Hall–Kier alpha value is -1.02. The van der Waals surface area contributed by atoms with Crippen molar-refractivity contribution in [3.8, 4) is 0 Å². The highest BCUT2D eigenvalue weighted by molar-refractivity contribution is 6.31. The second kappa shape index (κ2) is 3.86. The fourth-order valence-corrected chi connectivity index (χ4v) is 2.09. The van der Waals surface area contributed by atoms with Gasteiger partial charge in [0, 0.05) is 23.7 Å². The molecule has 80 valence electrons. The van der Waals surface area contributed by atoms with Crippen molar-refractivity contribution < 1.29 is 4.79 Å². The highest BCUT2D eigenvalue weighted by Gasteiger charge is 2.27. The van der Waals surface area contributed by atoms with E-state index < -0.39 is 0 Å². The van der Waals surface area contributed by atoms with E-state index in [0.717, 1.165) is 24.2 Å². The Kier molecular flexibility index (Phi) is 2.70. The van der Waals surface area contributed by atoms with E-state index in [2.05, 4.69) is 13.8 Å². The van der Waals surface area contributed by atoms with Gasteiger partial charge in [0.25, 0.3) is 5.91 Å². The number of carbonyl (C=O) groups is 1. The first-order valence-electron chi connectivity index (χ1n) is 5.15. The molecule has 1 heterocycles. The normalized spacial score (nSPS) is 14.9. The second-order valence-corrected chi connectivity index (χ2v) is 4.82. The minimum absolute atomic E-state index is 0.112. The molecule has 0 fully saturated rings. The van der Waals surface area contributed by atoms with E-state index in [9.17, 15) is 4.79 Å². The van der Waals surface area contributed by atoms with E-state index in [0.29, 0.717) is 10.9 Å². The Morgan fingerprint density at radius 2 is 2.20 bits per heavy atom. The Morgan fingerprint density at radius 3 is 2.87 bits per heavy atom. The van der Waals surface area contributed by atoms with Crippen molar-refractivity contribution in [1.82, 2.24) is 4.90 Å². The average Bonchev–Trinajstić information content (AvgIpc) is 2.44. The Bertz CT molecular complexity index is 401. The fourth-order valence-electron chi connectivity index (χ4n) is 1.92. The van der Waals surface area contributed by atoms with Gasteiger partial charge in [-0.05, 0) is 23.6 Å². The summed E-state index contributed by atoms with van der Waals surface area (Å²) in [4.78, 5) is 13.8. The molecule has 1 aromatic rings. The summed E-state index contributed by atoms with van der Waals surface area (Å²) in [6, 6.07) is 5.54. The monoisotopic (exact) mass is 223 g/mol. The molecule has 0 spiro atoms. The predicted octanol–water partition coefficient (Wildman–Crippen LogP) is 2.95. The van der Waals surface area contributed by atoms with Crippen LogP contribution in [-0.2, 0) is 6.54 Å². The lowest BCUT2D eigenvalue weighted by Gasteiger charge is -2.17. The van der Waals surface area contributed by atoms with Gasteiger partial charge in [-0.15, -0.1) is 0 Å². The second-order valence-electron chi connectivity index (χ2n) is 4.38. The van der Waals surface area contributed by atoms with Crippen LogP contribution < -0.4 is 0 Å². The zero-order valence-corrected chi connectivity index (χ0v) is 9.71. The van der Waals surface area contributed by atoms with Crippen LogP contribution in [0.5, 0.6) is 0 Å². The van der Waals surface area contributed by atoms with Crippen molar-refractivity contribution in [2.75, 3.05) is 6.54 Å². The number of amides is 1. The first kappa shape index (κ1) is 10.5. The van der Waals surface area contributed by atoms with Crippen LogP contribution in [0.25, 0.3) is 0 Å². The molecule has 1 amide bonds. The maximum absolute atomic E-state index is 12.0. The Balaban J connectivity index is 2.26. The molecule has 0 N–H and O–H groups in total. The zero-order valence-electron chi connectivity index (χ0n) is 8.96. The molecular formula is C12H14ClNO. The van der Waals surface area contributed by atoms with E-state index in [1.54, 1.807) is 6.07 Å². The van der Waals surface area contributed by atoms with E-state index in [1.807, 2.05) is 17.0 Å². The highest BCUT2D eigenvalue weighted by Crippen LogP contribution is 2.26. The number of benzene rings is 1. The molecule has 1 aliphatic heterocycles. The van der Waals surface area contributed by atoms with Gasteiger partial charge in [0.05, 0.1) is 0 Å². The van der Waals surface area contributed by atoms with Gasteiger partial charge in [-0.25, -0.2) is 0 Å². The van der Waals surface area contributed by atoms with E-state index >= 15 is 0 Å². The highest BCUT2D eigenvalue weighted by atomic mass is 35.5. The molecule has 1 aromatic carbocycles. The largest absolute Gasteiger partial charge is 0.334 e. The summed E-state index contributed by atoms with van der Waals surface area (Å²) in [5.74, 6) is 0.611. The lowest BCUT2D eigenvalue weighted by molar-refractivity contribution is 0.0760. The first-order valence-corrected chi connectivity index (χ1v) is 5.53. The maximum Gasteiger partial charge on any atom is 0.254 e. The van der Waals surface area contributed by atoms with Gasteiger partial charge in [0.1, 0.15) is 0 Å². The molecule has 2 nitrogen and oxygen atoms in total. The van der Waals surface area contributed by atoms with Crippen LogP contribution in [0.1, 0.15) is 29.8 Å². The number of fused-ring (bicyclic) bond motifs is 1. The van der Waals surface area contributed by atoms with Gasteiger partial charge in [0.15, 0.2) is 0 Å². The molecule has 0 bridgehead atoms. The number of hydrogen-bond donors (Lipinski definition) is 0. The van der Waals surface area contributed by atoms with Crippen LogP contribution in [0.15, 0.2) is 18.2 Å². The third-order valence-electron chi connectivity index (χ3n) is 2.54. The molecule has 0 aliphatic carbocycles. The molecule has 0 radical (unpaired) electrons. The van der Waals surface area contributed by atoms with Crippen LogP contribution in [0.2, 0.25) is 5.02 Å². The van der Waals surface area contributed by atoms with Crippen LogP contribution in [0, 0.1) is 5.92 Å². The smallest absolute Gasteiger partial charge is 0.254 e. The molecule has 0 unspecified atom stereocenters. The number of nitrogens with zero attached hydrogens (tertiary/aromatic N) is 1. The number of halogens is 1. The van der Waals surface area contributed by atoms with Crippen LogP contribution >= 0.6 is 11.6 Å². The van der Waals surface area contributed by atoms with Gasteiger partial charge in [-0.2, -0.15) is 0 Å². The van der Waals surface area contributed by atoms with E-state index in [-0.39, 0.29) is 5.91 Å². The number of rotatable bonds is 2. The van der Waals surface area contributed by atoms with Crippen molar-refractivity contribution >= 4 is 17.5 Å².